The molecule has 0 unspecified atom stereocenters. The van der Waals surface area contributed by atoms with Crippen molar-refractivity contribution in [2.45, 2.75) is 45.8 Å². The van der Waals surface area contributed by atoms with Crippen LogP contribution in [0.3, 0.4) is 0 Å². The number of aromatic nitrogens is 1. The summed E-state index contributed by atoms with van der Waals surface area (Å²) in [6, 6.07) is 3.46. The van der Waals surface area contributed by atoms with E-state index in [0.29, 0.717) is 13.0 Å². The molecule has 0 N–H and O–H groups in total. The Kier molecular flexibility index (Phi) is 3.39. The fraction of sp³-hybridized carbons (Fsp3) is 0.571. The second-order valence-corrected chi connectivity index (χ2v) is 5.84. The number of carbonyl (C=O) groups excluding carboxylic acids is 1. The van der Waals surface area contributed by atoms with Crippen molar-refractivity contribution in [3.8, 4) is 0 Å². The van der Waals surface area contributed by atoms with Gasteiger partial charge in [-0.15, -0.1) is 0 Å². The molecule has 19 heavy (non-hydrogen) atoms. The largest absolute Gasteiger partial charge is 0.618 e. The molecule has 2 heterocycles. The zero-order chi connectivity index (χ0) is 14.2. The van der Waals surface area contributed by atoms with Gasteiger partial charge >= 0.3 is 6.09 Å². The molecule has 1 aromatic heterocycles. The fourth-order valence-corrected chi connectivity index (χ4v) is 2.33. The minimum absolute atomic E-state index is 0.139. The molecule has 1 amide bonds. The minimum Gasteiger partial charge on any atom is -0.618 e. The van der Waals surface area contributed by atoms with E-state index in [4.69, 9.17) is 4.74 Å². The van der Waals surface area contributed by atoms with E-state index in [-0.39, 0.29) is 12.1 Å². The second kappa shape index (κ2) is 4.72. The lowest BCUT2D eigenvalue weighted by Gasteiger charge is -2.35. The Hall–Kier alpha value is -1.78. The van der Waals surface area contributed by atoms with Crippen LogP contribution >= 0.6 is 0 Å². The Labute approximate surface area is 113 Å². The van der Waals surface area contributed by atoms with Gasteiger partial charge in [0, 0.05) is 18.2 Å². The number of nitrogens with zero attached hydrogens (tertiary/aromatic N) is 2. The van der Waals surface area contributed by atoms with E-state index in [1.807, 2.05) is 33.8 Å². The average molecular weight is 264 g/mol. The Bertz CT molecular complexity index is 494. The third kappa shape index (κ3) is 2.80. The Morgan fingerprint density at radius 3 is 2.84 bits per heavy atom. The normalized spacial score (nSPS) is 18.9. The van der Waals surface area contributed by atoms with Crippen LogP contribution in [0, 0.1) is 5.21 Å². The molecule has 0 bridgehead atoms. The van der Waals surface area contributed by atoms with Gasteiger partial charge in [-0.1, -0.05) is 0 Å². The van der Waals surface area contributed by atoms with Crippen molar-refractivity contribution in [1.29, 1.82) is 0 Å². The number of ether oxygens (including phenoxy) is 1. The monoisotopic (exact) mass is 264 g/mol. The third-order valence-electron chi connectivity index (χ3n) is 3.23. The first kappa shape index (κ1) is 13.6. The number of fused-ring (bicyclic) bond motifs is 1. The maximum absolute atomic E-state index is 12.1. The SMILES string of the molecule is C[C@@H]1c2ccc[n+]([O-])c2CCN1C(=O)OC(C)(C)C. The molecule has 1 aromatic rings. The summed E-state index contributed by atoms with van der Waals surface area (Å²) in [4.78, 5) is 13.8. The van der Waals surface area contributed by atoms with Crippen LogP contribution in [0.5, 0.6) is 0 Å². The van der Waals surface area contributed by atoms with E-state index in [1.165, 1.54) is 6.20 Å². The van der Waals surface area contributed by atoms with E-state index < -0.39 is 5.60 Å². The Morgan fingerprint density at radius 2 is 2.21 bits per heavy atom. The van der Waals surface area contributed by atoms with Gasteiger partial charge in [-0.05, 0) is 33.8 Å². The van der Waals surface area contributed by atoms with E-state index in [1.54, 1.807) is 11.0 Å². The number of rotatable bonds is 0. The van der Waals surface area contributed by atoms with Crippen LogP contribution in [0.4, 0.5) is 4.79 Å². The predicted molar refractivity (Wildman–Crippen MR) is 70.5 cm³/mol. The van der Waals surface area contributed by atoms with E-state index in [9.17, 15) is 10.0 Å². The summed E-state index contributed by atoms with van der Waals surface area (Å²) in [7, 11) is 0. The quantitative estimate of drug-likeness (QED) is 0.533. The number of carbonyl (C=O) groups is 1. The van der Waals surface area contributed by atoms with Gasteiger partial charge in [0.15, 0.2) is 11.9 Å². The second-order valence-electron chi connectivity index (χ2n) is 5.84. The zero-order valence-electron chi connectivity index (χ0n) is 11.8. The summed E-state index contributed by atoms with van der Waals surface area (Å²) in [5.41, 5.74) is 1.14. The van der Waals surface area contributed by atoms with Crippen molar-refractivity contribution in [1.82, 2.24) is 4.90 Å². The molecule has 0 saturated carbocycles. The van der Waals surface area contributed by atoms with Gasteiger partial charge in [-0.2, -0.15) is 4.73 Å². The minimum atomic E-state index is -0.508. The molecule has 5 nitrogen and oxygen atoms in total. The van der Waals surface area contributed by atoms with Crippen LogP contribution in [0.1, 0.15) is 45.0 Å². The summed E-state index contributed by atoms with van der Waals surface area (Å²) in [5, 5.41) is 11.7. The van der Waals surface area contributed by atoms with E-state index >= 15 is 0 Å². The van der Waals surface area contributed by atoms with Crippen LogP contribution in [0.2, 0.25) is 0 Å². The Balaban J connectivity index is 2.22. The van der Waals surface area contributed by atoms with Crippen LogP contribution in [0.25, 0.3) is 0 Å². The van der Waals surface area contributed by atoms with E-state index in [0.717, 1.165) is 16.0 Å². The lowest BCUT2D eigenvalue weighted by molar-refractivity contribution is -0.615. The zero-order valence-corrected chi connectivity index (χ0v) is 11.8. The molecular formula is C14H20N2O3. The number of hydrogen-bond acceptors (Lipinski definition) is 3. The smallest absolute Gasteiger partial charge is 0.410 e. The van der Waals surface area contributed by atoms with Gasteiger partial charge in [0.1, 0.15) is 5.60 Å². The summed E-state index contributed by atoms with van der Waals surface area (Å²) >= 11 is 0. The van der Waals surface area contributed by atoms with Crippen molar-refractivity contribution in [3.05, 3.63) is 34.8 Å². The van der Waals surface area contributed by atoms with Crippen LogP contribution in [-0.2, 0) is 11.2 Å². The highest BCUT2D eigenvalue weighted by atomic mass is 16.6. The highest BCUT2D eigenvalue weighted by Gasteiger charge is 2.34. The predicted octanol–water partition coefficient (Wildman–Crippen LogP) is 2.17. The first-order valence-electron chi connectivity index (χ1n) is 6.50. The maximum atomic E-state index is 12.1. The number of pyridine rings is 1. The van der Waals surface area contributed by atoms with Gasteiger partial charge in [0.25, 0.3) is 0 Å². The molecule has 0 radical (unpaired) electrons. The Morgan fingerprint density at radius 1 is 1.53 bits per heavy atom. The van der Waals surface area contributed by atoms with Crippen molar-refractivity contribution in [3.63, 3.8) is 0 Å². The van der Waals surface area contributed by atoms with Crippen LogP contribution in [-0.4, -0.2) is 23.1 Å². The molecule has 0 saturated heterocycles. The van der Waals surface area contributed by atoms with Gasteiger partial charge in [-0.3, -0.25) is 0 Å². The molecule has 104 valence electrons. The first-order valence-corrected chi connectivity index (χ1v) is 6.50. The van der Waals surface area contributed by atoms with Gasteiger partial charge < -0.3 is 14.8 Å². The van der Waals surface area contributed by atoms with Crippen molar-refractivity contribution < 1.29 is 14.3 Å². The van der Waals surface area contributed by atoms with Crippen LogP contribution < -0.4 is 4.73 Å². The molecule has 2 rings (SSSR count). The molecular weight excluding hydrogens is 244 g/mol. The fourth-order valence-electron chi connectivity index (χ4n) is 2.33. The topological polar surface area (TPSA) is 56.5 Å². The lowest BCUT2D eigenvalue weighted by atomic mass is 9.98. The third-order valence-corrected chi connectivity index (χ3v) is 3.23. The van der Waals surface area contributed by atoms with Crippen LogP contribution in [0.15, 0.2) is 18.3 Å². The molecule has 1 aliphatic heterocycles. The van der Waals surface area contributed by atoms with E-state index in [2.05, 4.69) is 0 Å². The summed E-state index contributed by atoms with van der Waals surface area (Å²) in [6.45, 7) is 7.97. The summed E-state index contributed by atoms with van der Waals surface area (Å²) in [6.07, 6.45) is 1.73. The molecule has 5 heteroatoms. The molecule has 0 aliphatic carbocycles. The van der Waals surface area contributed by atoms with Gasteiger partial charge in [-0.25, -0.2) is 4.79 Å². The average Bonchev–Trinajstić information content (AvgIpc) is 2.28. The lowest BCUT2D eigenvalue weighted by Crippen LogP contribution is -2.46. The van der Waals surface area contributed by atoms with Gasteiger partial charge in [0.2, 0.25) is 0 Å². The number of hydrogen-bond donors (Lipinski definition) is 0. The molecule has 0 spiro atoms. The van der Waals surface area contributed by atoms with Crippen molar-refractivity contribution in [2.75, 3.05) is 6.54 Å². The highest BCUT2D eigenvalue weighted by molar-refractivity contribution is 5.69. The molecule has 1 aliphatic rings. The number of amides is 1. The summed E-state index contributed by atoms with van der Waals surface area (Å²) < 4.78 is 6.28. The van der Waals surface area contributed by atoms with Crippen molar-refractivity contribution in [2.24, 2.45) is 0 Å². The molecule has 0 aromatic carbocycles. The van der Waals surface area contributed by atoms with Gasteiger partial charge in [0.05, 0.1) is 12.5 Å². The standard InChI is InChI=1S/C14H20N2O3/c1-10-11-6-5-8-16(18)12(11)7-9-15(10)13(17)19-14(2,3)4/h5-6,8,10H,7,9H2,1-4H3/t10-/m1/s1. The maximum Gasteiger partial charge on any atom is 0.410 e. The summed E-state index contributed by atoms with van der Waals surface area (Å²) in [5.74, 6) is 0. The molecule has 1 atom stereocenters. The highest BCUT2D eigenvalue weighted by Crippen LogP contribution is 2.28. The van der Waals surface area contributed by atoms with Crippen molar-refractivity contribution >= 4 is 6.09 Å². The first-order chi connectivity index (χ1) is 8.79. The molecule has 0 fully saturated rings.